The molecule has 28 heavy (non-hydrogen) atoms. The van der Waals surface area contributed by atoms with Crippen molar-refractivity contribution in [2.24, 2.45) is 0 Å². The zero-order valence-corrected chi connectivity index (χ0v) is 15.5. The van der Waals surface area contributed by atoms with E-state index >= 15 is 0 Å². The summed E-state index contributed by atoms with van der Waals surface area (Å²) in [4.78, 5) is 13.7. The Bertz CT molecular complexity index is 898. The summed E-state index contributed by atoms with van der Waals surface area (Å²) in [6.07, 6.45) is -4.59. The van der Waals surface area contributed by atoms with E-state index in [4.69, 9.17) is 5.26 Å². The number of carbonyl (C=O) groups is 1. The highest BCUT2D eigenvalue weighted by Crippen LogP contribution is 2.43. The molecule has 9 heteroatoms. The van der Waals surface area contributed by atoms with Gasteiger partial charge in [-0.25, -0.2) is 4.68 Å². The van der Waals surface area contributed by atoms with Gasteiger partial charge in [0.05, 0.1) is 18.5 Å². The van der Waals surface area contributed by atoms with Crippen LogP contribution < -0.4 is 5.32 Å². The summed E-state index contributed by atoms with van der Waals surface area (Å²) in [5.74, 6) is -0.372. The van der Waals surface area contributed by atoms with Gasteiger partial charge in [-0.1, -0.05) is 29.8 Å². The maximum absolute atomic E-state index is 13.7. The van der Waals surface area contributed by atoms with Crippen LogP contribution in [0.25, 0.3) is 0 Å². The predicted octanol–water partition coefficient (Wildman–Crippen LogP) is 3.84. The van der Waals surface area contributed by atoms with Crippen molar-refractivity contribution in [1.29, 1.82) is 5.26 Å². The number of aryl methyl sites for hydroxylation is 1. The minimum absolute atomic E-state index is 0.0817. The monoisotopic (exact) mass is 391 g/mol. The molecule has 0 radical (unpaired) electrons. The molecule has 0 spiro atoms. The fraction of sp³-hybridized carbons (Fsp3) is 0.421. The Morgan fingerprint density at radius 2 is 2.07 bits per heavy atom. The van der Waals surface area contributed by atoms with E-state index in [2.05, 4.69) is 10.4 Å². The van der Waals surface area contributed by atoms with E-state index in [1.807, 2.05) is 25.1 Å². The molecule has 1 amide bonds. The lowest BCUT2D eigenvalue weighted by atomic mass is 9.96. The van der Waals surface area contributed by atoms with Crippen molar-refractivity contribution >= 4 is 11.7 Å². The molecule has 0 saturated heterocycles. The molecule has 1 aromatic heterocycles. The first-order valence-electron chi connectivity index (χ1n) is 8.82. The molecule has 148 valence electrons. The SMILES string of the molecule is Cc1ccc([C@@H]2C[C@@H](C(F)(F)F)n3nc(C(=O)N(C)CCC#N)cc3N2)cc1. The first-order chi connectivity index (χ1) is 13.2. The van der Waals surface area contributed by atoms with Gasteiger partial charge >= 0.3 is 6.18 Å². The van der Waals surface area contributed by atoms with Crippen molar-refractivity contribution in [3.05, 3.63) is 47.2 Å². The smallest absolute Gasteiger partial charge is 0.363 e. The van der Waals surface area contributed by atoms with Crippen LogP contribution in [0.5, 0.6) is 0 Å². The van der Waals surface area contributed by atoms with Gasteiger partial charge in [-0.15, -0.1) is 0 Å². The van der Waals surface area contributed by atoms with Crippen LogP contribution in [0, 0.1) is 18.3 Å². The van der Waals surface area contributed by atoms with Crippen LogP contribution in [-0.4, -0.2) is 40.4 Å². The largest absolute Gasteiger partial charge is 0.410 e. The quantitative estimate of drug-likeness (QED) is 0.860. The van der Waals surface area contributed by atoms with Crippen molar-refractivity contribution in [3.8, 4) is 6.07 Å². The number of aromatic nitrogens is 2. The molecule has 0 aliphatic carbocycles. The maximum atomic E-state index is 13.7. The Morgan fingerprint density at radius 1 is 1.39 bits per heavy atom. The Morgan fingerprint density at radius 3 is 2.68 bits per heavy atom. The van der Waals surface area contributed by atoms with Crippen LogP contribution in [0.1, 0.15) is 46.5 Å². The molecule has 0 unspecified atom stereocenters. The second kappa shape index (κ2) is 7.54. The summed E-state index contributed by atoms with van der Waals surface area (Å²) < 4.78 is 41.9. The highest BCUT2D eigenvalue weighted by Gasteiger charge is 2.46. The summed E-state index contributed by atoms with van der Waals surface area (Å²) in [7, 11) is 1.49. The number of nitrogens with one attached hydrogen (secondary N) is 1. The molecule has 1 aromatic carbocycles. The third-order valence-corrected chi connectivity index (χ3v) is 4.79. The molecule has 1 N–H and O–H groups in total. The molecule has 6 nitrogen and oxygen atoms in total. The highest BCUT2D eigenvalue weighted by atomic mass is 19.4. The number of rotatable bonds is 4. The molecule has 1 aliphatic heterocycles. The second-order valence-electron chi connectivity index (χ2n) is 6.89. The molecule has 0 fully saturated rings. The number of alkyl halides is 3. The number of nitrogens with zero attached hydrogens (tertiary/aromatic N) is 4. The van der Waals surface area contributed by atoms with Gasteiger partial charge in [0.25, 0.3) is 5.91 Å². The number of nitriles is 1. The maximum Gasteiger partial charge on any atom is 0.410 e. The Labute approximate surface area is 160 Å². The number of fused-ring (bicyclic) bond motifs is 1. The molecule has 2 aromatic rings. The Balaban J connectivity index is 1.93. The van der Waals surface area contributed by atoms with Crippen molar-refractivity contribution in [3.63, 3.8) is 0 Å². The predicted molar refractivity (Wildman–Crippen MR) is 96.7 cm³/mol. The number of amides is 1. The van der Waals surface area contributed by atoms with E-state index in [0.717, 1.165) is 15.8 Å². The fourth-order valence-electron chi connectivity index (χ4n) is 3.21. The van der Waals surface area contributed by atoms with Gasteiger partial charge in [-0.2, -0.15) is 23.5 Å². The lowest BCUT2D eigenvalue weighted by Gasteiger charge is -2.33. The second-order valence-corrected chi connectivity index (χ2v) is 6.89. The summed E-state index contributed by atoms with van der Waals surface area (Å²) in [5, 5.41) is 15.6. The first-order valence-corrected chi connectivity index (χ1v) is 8.82. The Kier molecular flexibility index (Phi) is 5.31. The van der Waals surface area contributed by atoms with Gasteiger partial charge < -0.3 is 10.2 Å². The molecule has 0 bridgehead atoms. The average molecular weight is 391 g/mol. The van der Waals surface area contributed by atoms with E-state index in [-0.39, 0.29) is 30.9 Å². The topological polar surface area (TPSA) is 74.0 Å². The zero-order valence-electron chi connectivity index (χ0n) is 15.5. The van der Waals surface area contributed by atoms with E-state index in [9.17, 15) is 18.0 Å². The van der Waals surface area contributed by atoms with Crippen LogP contribution in [-0.2, 0) is 0 Å². The van der Waals surface area contributed by atoms with E-state index in [1.54, 1.807) is 12.1 Å². The van der Waals surface area contributed by atoms with Crippen LogP contribution in [0.15, 0.2) is 30.3 Å². The fourth-order valence-corrected chi connectivity index (χ4v) is 3.21. The van der Waals surface area contributed by atoms with Gasteiger partial charge in [-0.05, 0) is 12.5 Å². The third-order valence-electron chi connectivity index (χ3n) is 4.79. The highest BCUT2D eigenvalue weighted by molar-refractivity contribution is 5.93. The van der Waals surface area contributed by atoms with Crippen LogP contribution in [0.4, 0.5) is 19.0 Å². The molecular weight excluding hydrogens is 371 g/mol. The van der Waals surface area contributed by atoms with Crippen LogP contribution in [0.2, 0.25) is 0 Å². The van der Waals surface area contributed by atoms with Crippen LogP contribution in [0.3, 0.4) is 0 Å². The average Bonchev–Trinajstić information content (AvgIpc) is 3.08. The molecule has 1 aliphatic rings. The van der Waals surface area contributed by atoms with Crippen molar-refractivity contribution in [1.82, 2.24) is 14.7 Å². The standard InChI is InChI=1S/C19H20F3N5O/c1-12-4-6-13(7-5-12)14-10-16(19(20,21)22)27-17(24-14)11-15(25-27)18(28)26(2)9-3-8-23/h4-7,11,14,16,24H,3,9-10H2,1-2H3/t14-,16-/m0/s1. The number of anilines is 1. The van der Waals surface area contributed by atoms with E-state index < -0.39 is 24.2 Å². The molecular formula is C19H20F3N5O. The Hall–Kier alpha value is -3.02. The number of benzene rings is 1. The normalized spacial score (nSPS) is 18.7. The first kappa shape index (κ1) is 19.7. The number of halogens is 3. The van der Waals surface area contributed by atoms with Gasteiger partial charge in [0.1, 0.15) is 5.82 Å². The van der Waals surface area contributed by atoms with Gasteiger partial charge in [0.2, 0.25) is 0 Å². The lowest BCUT2D eigenvalue weighted by molar-refractivity contribution is -0.173. The van der Waals surface area contributed by atoms with E-state index in [0.29, 0.717) is 0 Å². The van der Waals surface area contributed by atoms with Crippen molar-refractivity contribution in [2.45, 2.75) is 38.0 Å². The number of hydrogen-bond acceptors (Lipinski definition) is 4. The van der Waals surface area contributed by atoms with Crippen molar-refractivity contribution < 1.29 is 18.0 Å². The molecule has 0 saturated carbocycles. The zero-order chi connectivity index (χ0) is 20.5. The van der Waals surface area contributed by atoms with Crippen molar-refractivity contribution in [2.75, 3.05) is 18.9 Å². The summed E-state index contributed by atoms with van der Waals surface area (Å²) in [6, 6.07) is 8.19. The van der Waals surface area contributed by atoms with E-state index in [1.165, 1.54) is 18.0 Å². The number of carbonyl (C=O) groups excluding carboxylic acids is 1. The minimum atomic E-state index is -4.50. The summed E-state index contributed by atoms with van der Waals surface area (Å²) in [6.45, 7) is 2.09. The third kappa shape index (κ3) is 3.96. The van der Waals surface area contributed by atoms with Crippen LogP contribution >= 0.6 is 0 Å². The lowest BCUT2D eigenvalue weighted by Crippen LogP contribution is -2.36. The summed E-state index contributed by atoms with van der Waals surface area (Å²) >= 11 is 0. The van der Waals surface area contributed by atoms with Gasteiger partial charge in [0, 0.05) is 26.1 Å². The van der Waals surface area contributed by atoms with Gasteiger partial charge in [-0.3, -0.25) is 4.79 Å². The van der Waals surface area contributed by atoms with Gasteiger partial charge in [0.15, 0.2) is 11.7 Å². The molecule has 2 atom stereocenters. The molecule has 2 heterocycles. The minimum Gasteiger partial charge on any atom is -0.363 e. The summed E-state index contributed by atoms with van der Waals surface area (Å²) in [5.41, 5.74) is 1.68. The number of hydrogen-bond donors (Lipinski definition) is 1. The molecule has 3 rings (SSSR count).